The van der Waals surface area contributed by atoms with Gasteiger partial charge in [0.15, 0.2) is 5.76 Å². The quantitative estimate of drug-likeness (QED) is 0.885. The molecule has 0 amide bonds. The molecule has 0 saturated carbocycles. The van der Waals surface area contributed by atoms with Gasteiger partial charge in [-0.15, -0.1) is 0 Å². The maximum Gasteiger partial charge on any atom is 0.244 e. The van der Waals surface area contributed by atoms with E-state index in [1.807, 2.05) is 24.3 Å². The second kappa shape index (κ2) is 5.01. The Morgan fingerprint density at radius 3 is 2.79 bits per heavy atom. The topological polar surface area (TPSA) is 54.6 Å². The lowest BCUT2D eigenvalue weighted by Gasteiger charge is -2.10. The van der Waals surface area contributed by atoms with Crippen LogP contribution in [0.3, 0.4) is 0 Å². The van der Waals surface area contributed by atoms with E-state index < -0.39 is 0 Å². The minimum atomic E-state index is -0.164. The van der Waals surface area contributed by atoms with Crippen molar-refractivity contribution in [1.29, 1.82) is 0 Å². The summed E-state index contributed by atoms with van der Waals surface area (Å²) in [6.45, 7) is 0.628. The normalized spacial score (nSPS) is 17.9. The summed E-state index contributed by atoms with van der Waals surface area (Å²) >= 11 is 3.40. The van der Waals surface area contributed by atoms with Crippen LogP contribution in [0.25, 0.3) is 0 Å². The van der Waals surface area contributed by atoms with Crippen LogP contribution in [-0.4, -0.2) is 18.0 Å². The van der Waals surface area contributed by atoms with Crippen LogP contribution in [0.4, 0.5) is 0 Å². The van der Waals surface area contributed by atoms with E-state index in [9.17, 15) is 4.79 Å². The minimum Gasteiger partial charge on any atom is -0.461 e. The Hall–Kier alpha value is -1.88. The molecule has 5 heteroatoms. The van der Waals surface area contributed by atoms with E-state index in [1.165, 1.54) is 6.26 Å². The fourth-order valence-corrected chi connectivity index (χ4v) is 2.37. The third-order valence-corrected chi connectivity index (χ3v) is 3.60. The van der Waals surface area contributed by atoms with E-state index in [2.05, 4.69) is 26.5 Å². The predicted octanol–water partition coefficient (Wildman–Crippen LogP) is 2.97. The lowest BCUT2D eigenvalue weighted by molar-refractivity contribution is 0.103. The number of hydrazone groups is 1. The van der Waals surface area contributed by atoms with Gasteiger partial charge in [0.1, 0.15) is 5.71 Å². The number of hydrogen-bond donors (Lipinski definition) is 1. The average molecular weight is 319 g/mol. The molecular weight excluding hydrogens is 308 g/mol. The molecule has 0 spiro atoms. The second-order valence-corrected chi connectivity index (χ2v) is 5.19. The zero-order chi connectivity index (χ0) is 13.2. The van der Waals surface area contributed by atoms with E-state index in [1.54, 1.807) is 12.1 Å². The highest BCUT2D eigenvalue weighted by molar-refractivity contribution is 9.10. The van der Waals surface area contributed by atoms with Gasteiger partial charge in [-0.2, -0.15) is 5.10 Å². The number of nitrogens with zero attached hydrogens (tertiary/aromatic N) is 1. The number of hydrogen-bond acceptors (Lipinski definition) is 4. The van der Waals surface area contributed by atoms with Crippen LogP contribution >= 0.6 is 15.9 Å². The first-order valence-electron chi connectivity index (χ1n) is 5.90. The van der Waals surface area contributed by atoms with Crippen LogP contribution < -0.4 is 5.43 Å². The van der Waals surface area contributed by atoms with E-state index in [0.29, 0.717) is 18.0 Å². The first-order valence-corrected chi connectivity index (χ1v) is 6.69. The molecule has 1 aliphatic heterocycles. The third kappa shape index (κ3) is 2.33. The van der Waals surface area contributed by atoms with Crippen molar-refractivity contribution in [3.05, 3.63) is 58.5 Å². The molecule has 2 aromatic rings. The van der Waals surface area contributed by atoms with Gasteiger partial charge in [0.05, 0.1) is 12.2 Å². The van der Waals surface area contributed by atoms with Crippen LogP contribution in [0.1, 0.15) is 22.0 Å². The Bertz CT molecular complexity index is 617. The summed E-state index contributed by atoms with van der Waals surface area (Å²) in [4.78, 5) is 12.3. The average Bonchev–Trinajstić information content (AvgIpc) is 3.10. The summed E-state index contributed by atoms with van der Waals surface area (Å²) in [5, 5.41) is 4.12. The van der Waals surface area contributed by atoms with Crippen molar-refractivity contribution >= 4 is 27.4 Å². The number of halogens is 1. The summed E-state index contributed by atoms with van der Waals surface area (Å²) in [6, 6.07) is 11.3. The van der Waals surface area contributed by atoms with Gasteiger partial charge < -0.3 is 9.84 Å². The van der Waals surface area contributed by atoms with Crippen molar-refractivity contribution in [2.45, 2.75) is 5.92 Å². The van der Waals surface area contributed by atoms with Gasteiger partial charge in [-0.1, -0.05) is 28.1 Å². The largest absolute Gasteiger partial charge is 0.461 e. The Kier molecular flexibility index (Phi) is 3.21. The maximum absolute atomic E-state index is 12.3. The number of carbonyl (C=O) groups excluding carboxylic acids is 1. The Labute approximate surface area is 118 Å². The molecule has 0 bridgehead atoms. The van der Waals surface area contributed by atoms with Crippen LogP contribution in [0.2, 0.25) is 0 Å². The highest BCUT2D eigenvalue weighted by Crippen LogP contribution is 2.24. The number of carbonyl (C=O) groups is 1. The van der Waals surface area contributed by atoms with Gasteiger partial charge in [0, 0.05) is 11.0 Å². The first kappa shape index (κ1) is 12.2. The standard InChI is InChI=1S/C14H11BrN2O2/c15-10-5-3-9(4-6-10)11-8-16-17-13(11)14(18)12-2-1-7-19-12/h1-7,11,16H,8H2. The molecule has 1 atom stereocenters. The van der Waals surface area contributed by atoms with Crippen molar-refractivity contribution in [1.82, 2.24) is 5.43 Å². The van der Waals surface area contributed by atoms with Crippen molar-refractivity contribution < 1.29 is 9.21 Å². The second-order valence-electron chi connectivity index (χ2n) is 4.27. The molecule has 1 aromatic heterocycles. The molecule has 4 nitrogen and oxygen atoms in total. The zero-order valence-electron chi connectivity index (χ0n) is 9.97. The van der Waals surface area contributed by atoms with Gasteiger partial charge in [-0.3, -0.25) is 4.79 Å². The van der Waals surface area contributed by atoms with Crippen LogP contribution in [0, 0.1) is 0 Å². The molecule has 96 valence electrons. The summed E-state index contributed by atoms with van der Waals surface area (Å²) in [5.41, 5.74) is 4.45. The van der Waals surface area contributed by atoms with Gasteiger partial charge in [0.25, 0.3) is 0 Å². The molecule has 1 aliphatic rings. The number of rotatable bonds is 3. The monoisotopic (exact) mass is 318 g/mol. The van der Waals surface area contributed by atoms with Gasteiger partial charge >= 0.3 is 0 Å². The molecule has 2 heterocycles. The molecular formula is C14H11BrN2O2. The first-order chi connectivity index (χ1) is 9.25. The van der Waals surface area contributed by atoms with Crippen molar-refractivity contribution in [2.75, 3.05) is 6.54 Å². The number of nitrogens with one attached hydrogen (secondary N) is 1. The molecule has 0 fully saturated rings. The predicted molar refractivity (Wildman–Crippen MR) is 75.4 cm³/mol. The molecule has 0 aliphatic carbocycles. The fraction of sp³-hybridized carbons (Fsp3) is 0.143. The van der Waals surface area contributed by atoms with E-state index in [4.69, 9.17) is 4.42 Å². The molecule has 0 radical (unpaired) electrons. The molecule has 1 N–H and O–H groups in total. The summed E-state index contributed by atoms with van der Waals surface area (Å²) in [6.07, 6.45) is 1.49. The van der Waals surface area contributed by atoms with Crippen molar-refractivity contribution in [3.8, 4) is 0 Å². The van der Waals surface area contributed by atoms with E-state index in [-0.39, 0.29) is 11.7 Å². The SMILES string of the molecule is O=C(C1=NNCC1c1ccc(Br)cc1)c1ccco1. The smallest absolute Gasteiger partial charge is 0.244 e. The molecule has 0 saturated heterocycles. The van der Waals surface area contributed by atoms with Gasteiger partial charge in [-0.05, 0) is 29.8 Å². The number of furan rings is 1. The molecule has 1 aromatic carbocycles. The van der Waals surface area contributed by atoms with E-state index in [0.717, 1.165) is 10.0 Å². The Morgan fingerprint density at radius 1 is 1.32 bits per heavy atom. The van der Waals surface area contributed by atoms with Crippen LogP contribution in [-0.2, 0) is 0 Å². The summed E-state index contributed by atoms with van der Waals surface area (Å²) in [5.74, 6) is 0.123. The molecule has 1 unspecified atom stereocenters. The van der Waals surface area contributed by atoms with Gasteiger partial charge in [0.2, 0.25) is 5.78 Å². The van der Waals surface area contributed by atoms with E-state index >= 15 is 0 Å². The number of benzene rings is 1. The Morgan fingerprint density at radius 2 is 2.11 bits per heavy atom. The number of ketones is 1. The van der Waals surface area contributed by atoms with Crippen LogP contribution in [0.15, 0.2) is 56.7 Å². The Balaban J connectivity index is 1.89. The van der Waals surface area contributed by atoms with Crippen molar-refractivity contribution in [3.63, 3.8) is 0 Å². The van der Waals surface area contributed by atoms with Crippen molar-refractivity contribution in [2.24, 2.45) is 5.10 Å². The molecule has 3 rings (SSSR count). The molecule has 19 heavy (non-hydrogen) atoms. The highest BCUT2D eigenvalue weighted by atomic mass is 79.9. The lowest BCUT2D eigenvalue weighted by atomic mass is 9.92. The van der Waals surface area contributed by atoms with Gasteiger partial charge in [-0.25, -0.2) is 0 Å². The summed E-state index contributed by atoms with van der Waals surface area (Å²) < 4.78 is 6.16. The lowest BCUT2D eigenvalue weighted by Crippen LogP contribution is -2.21. The van der Waals surface area contributed by atoms with Crippen LogP contribution in [0.5, 0.6) is 0 Å². The third-order valence-electron chi connectivity index (χ3n) is 3.07. The minimum absolute atomic E-state index is 0.0364. The summed E-state index contributed by atoms with van der Waals surface area (Å²) in [7, 11) is 0. The zero-order valence-corrected chi connectivity index (χ0v) is 11.6. The number of Topliss-reactive ketones (excluding diaryl/α,β-unsaturated/α-hetero) is 1. The fourth-order valence-electron chi connectivity index (χ4n) is 2.11. The highest BCUT2D eigenvalue weighted by Gasteiger charge is 2.30. The maximum atomic E-state index is 12.3.